The van der Waals surface area contributed by atoms with Gasteiger partial charge in [-0.05, 0) is 44.5 Å². The van der Waals surface area contributed by atoms with Crippen LogP contribution in [-0.4, -0.2) is 59.1 Å². The summed E-state index contributed by atoms with van der Waals surface area (Å²) in [6.45, 7) is 9.12. The van der Waals surface area contributed by atoms with Gasteiger partial charge in [-0.2, -0.15) is 0 Å². The molecule has 2 rings (SSSR count). The van der Waals surface area contributed by atoms with Gasteiger partial charge >= 0.3 is 0 Å². The van der Waals surface area contributed by atoms with Crippen molar-refractivity contribution in [3.63, 3.8) is 0 Å². The van der Waals surface area contributed by atoms with Crippen molar-refractivity contribution in [3.8, 4) is 0 Å². The number of hydrogen-bond donors (Lipinski definition) is 1. The summed E-state index contributed by atoms with van der Waals surface area (Å²) in [5.41, 5.74) is 0.912. The molecule has 1 heterocycles. The molecule has 116 valence electrons. The van der Waals surface area contributed by atoms with Crippen molar-refractivity contribution in [2.24, 2.45) is 0 Å². The Morgan fingerprint density at radius 3 is 2.43 bits per heavy atom. The molecule has 1 amide bonds. The zero-order valence-electron chi connectivity index (χ0n) is 12.9. The lowest BCUT2D eigenvalue weighted by Gasteiger charge is -2.37. The summed E-state index contributed by atoms with van der Waals surface area (Å²) < 4.78 is 0. The van der Waals surface area contributed by atoms with Gasteiger partial charge in [0.05, 0.1) is 5.60 Å². The molecular weight excluding hydrogens is 288 g/mol. The normalized spacial score (nSPS) is 17.1. The molecule has 1 aliphatic rings. The van der Waals surface area contributed by atoms with E-state index in [-0.39, 0.29) is 5.91 Å². The van der Waals surface area contributed by atoms with Gasteiger partial charge < -0.3 is 10.0 Å². The maximum Gasteiger partial charge on any atom is 0.253 e. The fourth-order valence-corrected chi connectivity index (χ4v) is 2.73. The van der Waals surface area contributed by atoms with E-state index in [1.165, 1.54) is 0 Å². The molecule has 21 heavy (non-hydrogen) atoms. The summed E-state index contributed by atoms with van der Waals surface area (Å²) >= 11 is 6.00. The van der Waals surface area contributed by atoms with E-state index in [1.54, 1.807) is 26.0 Å². The highest BCUT2D eigenvalue weighted by Crippen LogP contribution is 2.18. The van der Waals surface area contributed by atoms with E-state index in [2.05, 4.69) is 4.90 Å². The number of carbonyl (C=O) groups is 1. The van der Waals surface area contributed by atoms with Gasteiger partial charge in [-0.1, -0.05) is 11.6 Å². The SMILES string of the molecule is Cc1cc(C(=O)N2CCN(CC(C)(C)O)CC2)ccc1Cl. The van der Waals surface area contributed by atoms with Gasteiger partial charge in [0, 0.05) is 43.3 Å². The van der Waals surface area contributed by atoms with Crippen LogP contribution < -0.4 is 0 Å². The van der Waals surface area contributed by atoms with Crippen molar-refractivity contribution in [3.05, 3.63) is 34.3 Å². The number of nitrogens with zero attached hydrogens (tertiary/aromatic N) is 2. The zero-order chi connectivity index (χ0) is 15.6. The molecule has 1 saturated heterocycles. The highest BCUT2D eigenvalue weighted by atomic mass is 35.5. The van der Waals surface area contributed by atoms with E-state index >= 15 is 0 Å². The second-order valence-electron chi connectivity index (χ2n) is 6.34. The first-order chi connectivity index (χ1) is 9.76. The van der Waals surface area contributed by atoms with Crippen molar-refractivity contribution in [2.75, 3.05) is 32.7 Å². The number of amides is 1. The quantitative estimate of drug-likeness (QED) is 0.930. The van der Waals surface area contributed by atoms with Gasteiger partial charge in [-0.25, -0.2) is 0 Å². The van der Waals surface area contributed by atoms with Crippen molar-refractivity contribution < 1.29 is 9.90 Å². The molecule has 1 aliphatic heterocycles. The Morgan fingerprint density at radius 2 is 1.90 bits per heavy atom. The van der Waals surface area contributed by atoms with Gasteiger partial charge in [-0.3, -0.25) is 9.69 Å². The predicted octanol–water partition coefficient (Wildman–Crippen LogP) is 2.18. The van der Waals surface area contributed by atoms with Gasteiger partial charge in [0.15, 0.2) is 0 Å². The van der Waals surface area contributed by atoms with Crippen LogP contribution in [0.25, 0.3) is 0 Å². The number of piperazine rings is 1. The van der Waals surface area contributed by atoms with Crippen LogP contribution in [0.5, 0.6) is 0 Å². The minimum Gasteiger partial charge on any atom is -0.389 e. The summed E-state index contributed by atoms with van der Waals surface area (Å²) in [6, 6.07) is 5.39. The number of halogens is 1. The lowest BCUT2D eigenvalue weighted by molar-refractivity contribution is 0.0178. The Bertz CT molecular complexity index is 517. The molecular formula is C16H23ClN2O2. The lowest BCUT2D eigenvalue weighted by atomic mass is 10.1. The first kappa shape index (κ1) is 16.3. The van der Waals surface area contributed by atoms with Crippen molar-refractivity contribution in [1.82, 2.24) is 9.80 Å². The van der Waals surface area contributed by atoms with E-state index in [0.29, 0.717) is 30.2 Å². The van der Waals surface area contributed by atoms with Gasteiger partial charge in [0.2, 0.25) is 0 Å². The molecule has 1 N–H and O–H groups in total. The molecule has 4 nitrogen and oxygen atoms in total. The van der Waals surface area contributed by atoms with E-state index < -0.39 is 5.60 Å². The van der Waals surface area contributed by atoms with Crippen LogP contribution >= 0.6 is 11.6 Å². The molecule has 1 fully saturated rings. The van der Waals surface area contributed by atoms with Crippen LogP contribution in [0.1, 0.15) is 29.8 Å². The third-order valence-electron chi connectivity index (χ3n) is 3.67. The maximum absolute atomic E-state index is 12.5. The Kier molecular flexibility index (Phi) is 4.91. The minimum absolute atomic E-state index is 0.0534. The van der Waals surface area contributed by atoms with E-state index in [0.717, 1.165) is 18.7 Å². The molecule has 0 unspecified atom stereocenters. The molecule has 1 aromatic rings. The van der Waals surface area contributed by atoms with Gasteiger partial charge in [0.25, 0.3) is 5.91 Å². The molecule has 0 radical (unpaired) electrons. The maximum atomic E-state index is 12.5. The largest absolute Gasteiger partial charge is 0.389 e. The summed E-state index contributed by atoms with van der Waals surface area (Å²) in [5, 5.41) is 10.5. The van der Waals surface area contributed by atoms with Gasteiger partial charge in [-0.15, -0.1) is 0 Å². The molecule has 0 saturated carbocycles. The monoisotopic (exact) mass is 310 g/mol. The Labute approximate surface area is 131 Å². The van der Waals surface area contributed by atoms with Crippen molar-refractivity contribution in [2.45, 2.75) is 26.4 Å². The number of aliphatic hydroxyl groups is 1. The Hall–Kier alpha value is -1.10. The zero-order valence-corrected chi connectivity index (χ0v) is 13.7. The minimum atomic E-state index is -0.695. The van der Waals surface area contributed by atoms with Crippen LogP contribution in [0.4, 0.5) is 0 Å². The number of β-amino-alcohol motifs (C(OH)–C–C–N with tert-alkyl or cyclic N) is 1. The summed E-state index contributed by atoms with van der Waals surface area (Å²) in [5.74, 6) is 0.0534. The smallest absolute Gasteiger partial charge is 0.253 e. The molecule has 0 bridgehead atoms. The summed E-state index contributed by atoms with van der Waals surface area (Å²) in [7, 11) is 0. The van der Waals surface area contributed by atoms with E-state index in [1.807, 2.05) is 17.9 Å². The summed E-state index contributed by atoms with van der Waals surface area (Å²) in [4.78, 5) is 16.5. The van der Waals surface area contributed by atoms with Crippen LogP contribution in [0.15, 0.2) is 18.2 Å². The van der Waals surface area contributed by atoms with Crippen molar-refractivity contribution in [1.29, 1.82) is 0 Å². The van der Waals surface area contributed by atoms with Crippen molar-refractivity contribution >= 4 is 17.5 Å². The number of rotatable bonds is 3. The molecule has 0 atom stereocenters. The third-order valence-corrected chi connectivity index (χ3v) is 4.10. The lowest BCUT2D eigenvalue weighted by Crippen LogP contribution is -2.52. The Morgan fingerprint density at radius 1 is 1.29 bits per heavy atom. The predicted molar refractivity (Wildman–Crippen MR) is 84.8 cm³/mol. The molecule has 0 aliphatic carbocycles. The molecule has 5 heteroatoms. The van der Waals surface area contributed by atoms with Crippen LogP contribution in [0.2, 0.25) is 5.02 Å². The molecule has 0 aromatic heterocycles. The Balaban J connectivity index is 1.95. The highest BCUT2D eigenvalue weighted by molar-refractivity contribution is 6.31. The average molecular weight is 311 g/mol. The second-order valence-corrected chi connectivity index (χ2v) is 6.75. The fraction of sp³-hybridized carbons (Fsp3) is 0.562. The van der Waals surface area contributed by atoms with Crippen LogP contribution in [0, 0.1) is 6.92 Å². The first-order valence-electron chi connectivity index (χ1n) is 7.26. The fourth-order valence-electron chi connectivity index (χ4n) is 2.62. The number of hydrogen-bond acceptors (Lipinski definition) is 3. The number of carbonyl (C=O) groups excluding carboxylic acids is 1. The average Bonchev–Trinajstić information content (AvgIpc) is 2.40. The standard InChI is InChI=1S/C16H23ClN2O2/c1-12-10-13(4-5-14(12)17)15(20)19-8-6-18(7-9-19)11-16(2,3)21/h4-5,10,21H,6-9,11H2,1-3H3. The number of aryl methyl sites for hydroxylation is 1. The third kappa shape index (κ3) is 4.43. The van der Waals surface area contributed by atoms with Crippen LogP contribution in [0.3, 0.4) is 0 Å². The van der Waals surface area contributed by atoms with Gasteiger partial charge in [0.1, 0.15) is 0 Å². The molecule has 0 spiro atoms. The van der Waals surface area contributed by atoms with Crippen LogP contribution in [-0.2, 0) is 0 Å². The summed E-state index contributed by atoms with van der Waals surface area (Å²) in [6.07, 6.45) is 0. The van der Waals surface area contributed by atoms with E-state index in [4.69, 9.17) is 11.6 Å². The second kappa shape index (κ2) is 6.34. The molecule has 1 aromatic carbocycles. The number of benzene rings is 1. The first-order valence-corrected chi connectivity index (χ1v) is 7.64. The highest BCUT2D eigenvalue weighted by Gasteiger charge is 2.25. The topological polar surface area (TPSA) is 43.8 Å². The van der Waals surface area contributed by atoms with E-state index in [9.17, 15) is 9.90 Å².